The molecule has 2 heterocycles. The van der Waals surface area contributed by atoms with Gasteiger partial charge in [-0.2, -0.15) is 5.10 Å². The quantitative estimate of drug-likeness (QED) is 0.833. The molecule has 17 heavy (non-hydrogen) atoms. The second kappa shape index (κ2) is 3.96. The molecular formula is C11H11N3O2S. The van der Waals surface area contributed by atoms with Gasteiger partial charge < -0.3 is 10.1 Å². The summed E-state index contributed by atoms with van der Waals surface area (Å²) >= 11 is 1.27. The van der Waals surface area contributed by atoms with Crippen molar-refractivity contribution >= 4 is 22.8 Å². The summed E-state index contributed by atoms with van der Waals surface area (Å²) in [5, 5.41) is 6.87. The zero-order chi connectivity index (χ0) is 11.8. The summed E-state index contributed by atoms with van der Waals surface area (Å²) in [4.78, 5) is 11.3. The van der Waals surface area contributed by atoms with E-state index in [9.17, 15) is 4.79 Å². The molecule has 0 aliphatic carbocycles. The van der Waals surface area contributed by atoms with E-state index >= 15 is 0 Å². The van der Waals surface area contributed by atoms with E-state index < -0.39 is 0 Å². The normalized spacial score (nSPS) is 25.9. The first-order valence-electron chi connectivity index (χ1n) is 5.22. The highest BCUT2D eigenvalue weighted by Crippen LogP contribution is 2.35. The summed E-state index contributed by atoms with van der Waals surface area (Å²) < 4.78 is 5.11. The van der Waals surface area contributed by atoms with E-state index in [-0.39, 0.29) is 16.5 Å². The van der Waals surface area contributed by atoms with E-state index in [1.54, 1.807) is 7.11 Å². The topological polar surface area (TPSA) is 62.7 Å². The molecule has 0 radical (unpaired) electrons. The molecule has 0 unspecified atom stereocenters. The third kappa shape index (κ3) is 1.74. The van der Waals surface area contributed by atoms with E-state index in [2.05, 4.69) is 15.8 Å². The zero-order valence-corrected chi connectivity index (χ0v) is 9.95. The second-order valence-corrected chi connectivity index (χ2v) is 4.94. The van der Waals surface area contributed by atoms with Crippen molar-refractivity contribution in [1.29, 1.82) is 0 Å². The highest BCUT2D eigenvalue weighted by atomic mass is 32.2. The zero-order valence-electron chi connectivity index (χ0n) is 9.14. The lowest BCUT2D eigenvalue weighted by atomic mass is 10.0. The molecule has 1 aromatic carbocycles. The Morgan fingerprint density at radius 1 is 1.35 bits per heavy atom. The molecule has 2 aliphatic rings. The third-order valence-electron chi connectivity index (χ3n) is 2.84. The molecule has 3 rings (SSSR count). The predicted octanol–water partition coefficient (Wildman–Crippen LogP) is 1.48. The van der Waals surface area contributed by atoms with Crippen LogP contribution in [0.2, 0.25) is 0 Å². The maximum absolute atomic E-state index is 11.3. The summed E-state index contributed by atoms with van der Waals surface area (Å²) in [5.74, 6) is 1.54. The van der Waals surface area contributed by atoms with Crippen LogP contribution in [0, 0.1) is 0 Å². The molecular weight excluding hydrogens is 238 g/mol. The van der Waals surface area contributed by atoms with E-state index in [0.29, 0.717) is 0 Å². The number of ether oxygens (including phenoxy) is 1. The number of carbonyl (C=O) groups excluding carboxylic acids is 1. The van der Waals surface area contributed by atoms with Crippen molar-refractivity contribution in [3.63, 3.8) is 0 Å². The Morgan fingerprint density at radius 3 is 2.82 bits per heavy atom. The van der Waals surface area contributed by atoms with Crippen LogP contribution in [-0.2, 0) is 0 Å². The van der Waals surface area contributed by atoms with Gasteiger partial charge in [0.05, 0.1) is 18.4 Å². The Morgan fingerprint density at radius 2 is 2.12 bits per heavy atom. The summed E-state index contributed by atoms with van der Waals surface area (Å²) in [7, 11) is 1.64. The van der Waals surface area contributed by atoms with Crippen LogP contribution in [0.5, 0.6) is 5.75 Å². The molecule has 5 nitrogen and oxygen atoms in total. The monoisotopic (exact) mass is 249 g/mol. The average molecular weight is 249 g/mol. The second-order valence-electron chi connectivity index (χ2n) is 3.83. The maximum Gasteiger partial charge on any atom is 0.285 e. The van der Waals surface area contributed by atoms with Crippen molar-refractivity contribution in [2.24, 2.45) is 5.10 Å². The highest BCUT2D eigenvalue weighted by molar-refractivity contribution is 8.15. The molecule has 1 amide bonds. The van der Waals surface area contributed by atoms with Gasteiger partial charge >= 0.3 is 0 Å². The van der Waals surface area contributed by atoms with Crippen LogP contribution < -0.4 is 15.5 Å². The number of thioether (sulfide) groups is 1. The number of hydrazone groups is 1. The lowest BCUT2D eigenvalue weighted by Crippen LogP contribution is -2.25. The number of amides is 1. The van der Waals surface area contributed by atoms with Crippen molar-refractivity contribution in [1.82, 2.24) is 10.7 Å². The van der Waals surface area contributed by atoms with Crippen LogP contribution in [0.25, 0.3) is 0 Å². The third-order valence-corrected chi connectivity index (χ3v) is 3.90. The van der Waals surface area contributed by atoms with Gasteiger partial charge in [0, 0.05) is 0 Å². The van der Waals surface area contributed by atoms with Crippen LogP contribution in [0.1, 0.15) is 11.6 Å². The Bertz CT molecular complexity index is 486. The number of benzene rings is 1. The van der Waals surface area contributed by atoms with Crippen LogP contribution in [0.15, 0.2) is 29.4 Å². The van der Waals surface area contributed by atoms with Crippen LogP contribution in [0.3, 0.4) is 0 Å². The number of hydrogen-bond donors (Lipinski definition) is 2. The molecule has 88 valence electrons. The van der Waals surface area contributed by atoms with Crippen molar-refractivity contribution in [3.8, 4) is 5.75 Å². The molecule has 1 aromatic rings. The average Bonchev–Trinajstić information content (AvgIpc) is 2.88. The number of amidine groups is 1. The fourth-order valence-corrected chi connectivity index (χ4v) is 2.93. The van der Waals surface area contributed by atoms with Crippen molar-refractivity contribution < 1.29 is 9.53 Å². The number of rotatable bonds is 2. The van der Waals surface area contributed by atoms with Gasteiger partial charge in [0.15, 0.2) is 0 Å². The van der Waals surface area contributed by atoms with Gasteiger partial charge in [-0.05, 0) is 17.7 Å². The largest absolute Gasteiger partial charge is 0.497 e. The molecule has 0 saturated carbocycles. The number of methoxy groups -OCH3 is 1. The van der Waals surface area contributed by atoms with Crippen LogP contribution in [-0.4, -0.2) is 23.4 Å². The molecule has 1 saturated heterocycles. The first kappa shape index (κ1) is 10.5. The number of hydrogen-bond acceptors (Lipinski definition) is 5. The molecule has 2 aliphatic heterocycles. The summed E-state index contributed by atoms with van der Waals surface area (Å²) in [6.07, 6.45) is 0. The molecule has 1 fully saturated rings. The smallest absolute Gasteiger partial charge is 0.285 e. The van der Waals surface area contributed by atoms with Gasteiger partial charge in [0.2, 0.25) is 0 Å². The van der Waals surface area contributed by atoms with Gasteiger partial charge in [-0.15, -0.1) is 0 Å². The Labute approximate surface area is 103 Å². The van der Waals surface area contributed by atoms with Crippen molar-refractivity contribution in [2.75, 3.05) is 7.11 Å². The standard InChI is InChI=1S/C11H11N3O2S/c1-16-7-4-2-6(3-5-7)8-9-10(14-13-8)12-11(15)17-9/h2-5,8-9,13H,1H3,(H,12,14,15)/t8-,9+/m1/s1. The first-order chi connectivity index (χ1) is 8.28. The van der Waals surface area contributed by atoms with E-state index in [1.165, 1.54) is 11.8 Å². The maximum atomic E-state index is 11.3. The van der Waals surface area contributed by atoms with Gasteiger partial charge in [0.25, 0.3) is 5.24 Å². The van der Waals surface area contributed by atoms with Crippen molar-refractivity contribution in [3.05, 3.63) is 29.8 Å². The minimum Gasteiger partial charge on any atom is -0.497 e. The summed E-state index contributed by atoms with van der Waals surface area (Å²) in [5.41, 5.74) is 4.14. The number of nitrogens with one attached hydrogen (secondary N) is 2. The minimum absolute atomic E-state index is 0.0336. The predicted molar refractivity (Wildman–Crippen MR) is 66.2 cm³/mol. The van der Waals surface area contributed by atoms with Gasteiger partial charge in [-0.3, -0.25) is 10.2 Å². The molecule has 0 bridgehead atoms. The Kier molecular flexibility index (Phi) is 2.44. The fourth-order valence-electron chi connectivity index (χ4n) is 1.96. The van der Waals surface area contributed by atoms with Gasteiger partial charge in [-0.1, -0.05) is 23.9 Å². The number of fused-ring (bicyclic) bond motifs is 1. The first-order valence-corrected chi connectivity index (χ1v) is 6.10. The van der Waals surface area contributed by atoms with Gasteiger partial charge in [0.1, 0.15) is 11.6 Å². The van der Waals surface area contributed by atoms with Crippen molar-refractivity contribution in [2.45, 2.75) is 11.3 Å². The highest BCUT2D eigenvalue weighted by Gasteiger charge is 2.41. The molecule has 0 aromatic heterocycles. The molecule has 2 atom stereocenters. The Balaban J connectivity index is 1.83. The van der Waals surface area contributed by atoms with Crippen LogP contribution >= 0.6 is 11.8 Å². The molecule has 0 spiro atoms. The minimum atomic E-state index is -0.0336. The number of carbonyl (C=O) groups is 1. The lowest BCUT2D eigenvalue weighted by molar-refractivity contribution is 0.265. The fraction of sp³-hybridized carbons (Fsp3) is 0.273. The molecule has 6 heteroatoms. The van der Waals surface area contributed by atoms with Gasteiger partial charge in [-0.25, -0.2) is 0 Å². The van der Waals surface area contributed by atoms with E-state index in [0.717, 1.165) is 17.1 Å². The van der Waals surface area contributed by atoms with E-state index in [1.807, 2.05) is 24.3 Å². The summed E-state index contributed by atoms with van der Waals surface area (Å²) in [6, 6.07) is 7.82. The van der Waals surface area contributed by atoms with Crippen LogP contribution in [0.4, 0.5) is 4.79 Å². The molecule has 2 N–H and O–H groups in total. The SMILES string of the molecule is COc1ccc([C@H]2NN=C3NC(=O)S[C@H]32)cc1. The lowest BCUT2D eigenvalue weighted by Gasteiger charge is -2.15. The summed E-state index contributed by atoms with van der Waals surface area (Å²) in [6.45, 7) is 0. The number of nitrogens with zero attached hydrogens (tertiary/aromatic N) is 1. The van der Waals surface area contributed by atoms with E-state index in [4.69, 9.17) is 4.74 Å². The Hall–Kier alpha value is -1.69.